The smallest absolute Gasteiger partial charge is 0.416 e. The molecule has 0 aromatic rings. The summed E-state index contributed by atoms with van der Waals surface area (Å²) in [6.45, 7) is 4.69. The van der Waals surface area contributed by atoms with Gasteiger partial charge >= 0.3 is 6.09 Å². The second-order valence-electron chi connectivity index (χ2n) is 1.89. The van der Waals surface area contributed by atoms with Gasteiger partial charge in [-0.1, -0.05) is 6.58 Å². The molecule has 1 aliphatic heterocycles. The Morgan fingerprint density at radius 1 is 1.82 bits per heavy atom. The van der Waals surface area contributed by atoms with E-state index < -0.39 is 18.3 Å². The third kappa shape index (κ3) is 1.38. The first kappa shape index (κ1) is 7.74. The first-order valence-corrected chi connectivity index (χ1v) is 2.99. The first-order valence-electron chi connectivity index (χ1n) is 2.99. The quantitative estimate of drug-likeness (QED) is 0.518. The summed E-state index contributed by atoms with van der Waals surface area (Å²) in [4.78, 5) is 26.1. The standard InChI is InChI=1S/C6H7NO4/c1-3-5(8)7-6(9)10-4(2)11-7/h3-4H,1H2,2H3. The lowest BCUT2D eigenvalue weighted by molar-refractivity contribution is -0.172. The average molecular weight is 157 g/mol. The van der Waals surface area contributed by atoms with Crippen molar-refractivity contribution < 1.29 is 19.2 Å². The van der Waals surface area contributed by atoms with Crippen molar-refractivity contribution in [1.29, 1.82) is 0 Å². The third-order valence-corrected chi connectivity index (χ3v) is 1.06. The molecular weight excluding hydrogens is 150 g/mol. The van der Waals surface area contributed by atoms with Crippen molar-refractivity contribution in [2.75, 3.05) is 0 Å². The largest absolute Gasteiger partial charge is 0.444 e. The van der Waals surface area contributed by atoms with Crippen molar-refractivity contribution >= 4 is 12.0 Å². The van der Waals surface area contributed by atoms with Gasteiger partial charge in [0.15, 0.2) is 0 Å². The Morgan fingerprint density at radius 2 is 2.45 bits per heavy atom. The number of amides is 2. The molecule has 60 valence electrons. The first-order chi connectivity index (χ1) is 5.15. The molecule has 1 heterocycles. The molecule has 1 saturated heterocycles. The van der Waals surface area contributed by atoms with Crippen molar-refractivity contribution in [3.05, 3.63) is 12.7 Å². The normalized spacial score (nSPS) is 23.2. The van der Waals surface area contributed by atoms with Crippen LogP contribution in [0.15, 0.2) is 12.7 Å². The zero-order chi connectivity index (χ0) is 8.43. The van der Waals surface area contributed by atoms with Gasteiger partial charge < -0.3 is 4.74 Å². The van der Waals surface area contributed by atoms with E-state index in [1.807, 2.05) is 0 Å². The molecule has 0 saturated carbocycles. The number of hydrogen-bond acceptors (Lipinski definition) is 4. The van der Waals surface area contributed by atoms with E-state index in [4.69, 9.17) is 0 Å². The van der Waals surface area contributed by atoms with E-state index in [2.05, 4.69) is 16.2 Å². The zero-order valence-electron chi connectivity index (χ0n) is 5.94. The molecular formula is C6H7NO4. The molecule has 0 aromatic heterocycles. The number of nitrogens with zero attached hydrogens (tertiary/aromatic N) is 1. The number of hydrogen-bond donors (Lipinski definition) is 0. The Kier molecular flexibility index (Phi) is 1.91. The van der Waals surface area contributed by atoms with Crippen LogP contribution in [0.5, 0.6) is 0 Å². The number of rotatable bonds is 1. The molecule has 0 bridgehead atoms. The predicted octanol–water partition coefficient (Wildman–Crippen LogP) is 0.429. The molecule has 1 atom stereocenters. The molecule has 11 heavy (non-hydrogen) atoms. The minimum atomic E-state index is -0.803. The van der Waals surface area contributed by atoms with Crippen LogP contribution in [0.3, 0.4) is 0 Å². The van der Waals surface area contributed by atoms with E-state index in [0.717, 1.165) is 6.08 Å². The van der Waals surface area contributed by atoms with Crippen LogP contribution in [0.1, 0.15) is 6.92 Å². The molecule has 5 nitrogen and oxygen atoms in total. The van der Waals surface area contributed by atoms with Crippen LogP contribution in [-0.2, 0) is 14.4 Å². The van der Waals surface area contributed by atoms with Gasteiger partial charge in [0.1, 0.15) is 0 Å². The monoisotopic (exact) mass is 157 g/mol. The van der Waals surface area contributed by atoms with Gasteiger partial charge in [0.2, 0.25) is 6.29 Å². The number of imide groups is 1. The second-order valence-corrected chi connectivity index (χ2v) is 1.89. The van der Waals surface area contributed by atoms with Gasteiger partial charge in [0.05, 0.1) is 0 Å². The minimum Gasteiger partial charge on any atom is -0.416 e. The van der Waals surface area contributed by atoms with Gasteiger partial charge in [-0.2, -0.15) is 0 Å². The Bertz CT molecular complexity index is 213. The summed E-state index contributed by atoms with van der Waals surface area (Å²) in [5.41, 5.74) is 0. The fraction of sp³-hybridized carbons (Fsp3) is 0.333. The minimum absolute atomic E-state index is 0.525. The number of ether oxygens (including phenoxy) is 1. The molecule has 0 radical (unpaired) electrons. The van der Waals surface area contributed by atoms with E-state index in [1.54, 1.807) is 0 Å². The van der Waals surface area contributed by atoms with Crippen LogP contribution in [0.2, 0.25) is 0 Å². The van der Waals surface area contributed by atoms with Crippen LogP contribution in [0.25, 0.3) is 0 Å². The lowest BCUT2D eigenvalue weighted by Crippen LogP contribution is -2.28. The van der Waals surface area contributed by atoms with Gasteiger partial charge in [0.25, 0.3) is 5.91 Å². The third-order valence-electron chi connectivity index (χ3n) is 1.06. The van der Waals surface area contributed by atoms with Crippen molar-refractivity contribution in [1.82, 2.24) is 5.06 Å². The van der Waals surface area contributed by atoms with Crippen molar-refractivity contribution in [3.8, 4) is 0 Å². The van der Waals surface area contributed by atoms with Crippen molar-refractivity contribution in [2.24, 2.45) is 0 Å². The van der Waals surface area contributed by atoms with E-state index in [1.165, 1.54) is 6.92 Å². The molecule has 0 aromatic carbocycles. The van der Waals surface area contributed by atoms with Crippen LogP contribution in [0, 0.1) is 0 Å². The molecule has 1 aliphatic rings. The SMILES string of the molecule is C=CC(=O)N1OC(C)OC1=O. The molecule has 2 amide bonds. The highest BCUT2D eigenvalue weighted by atomic mass is 16.9. The maximum absolute atomic E-state index is 10.8. The molecule has 1 rings (SSSR count). The van der Waals surface area contributed by atoms with Crippen LogP contribution >= 0.6 is 0 Å². The highest BCUT2D eigenvalue weighted by Gasteiger charge is 2.33. The van der Waals surface area contributed by atoms with Crippen LogP contribution in [0.4, 0.5) is 4.79 Å². The van der Waals surface area contributed by atoms with Crippen molar-refractivity contribution in [3.63, 3.8) is 0 Å². The second kappa shape index (κ2) is 2.71. The Morgan fingerprint density at radius 3 is 2.82 bits per heavy atom. The zero-order valence-corrected chi connectivity index (χ0v) is 5.94. The fourth-order valence-electron chi connectivity index (χ4n) is 0.628. The topological polar surface area (TPSA) is 55.8 Å². The molecule has 0 N–H and O–H groups in total. The molecule has 1 unspecified atom stereocenters. The summed E-state index contributed by atoms with van der Waals surface area (Å²) in [6.07, 6.45) is -0.534. The Hall–Kier alpha value is -1.36. The molecule has 1 fully saturated rings. The summed E-state index contributed by atoms with van der Waals surface area (Å²) >= 11 is 0. The summed E-state index contributed by atoms with van der Waals surface area (Å²) in [5.74, 6) is -0.626. The predicted molar refractivity (Wildman–Crippen MR) is 34.1 cm³/mol. The maximum atomic E-state index is 10.8. The summed E-state index contributed by atoms with van der Waals surface area (Å²) < 4.78 is 4.49. The number of carbonyl (C=O) groups excluding carboxylic acids is 2. The van der Waals surface area contributed by atoms with Gasteiger partial charge in [-0.15, -0.1) is 5.06 Å². The lowest BCUT2D eigenvalue weighted by Gasteiger charge is -2.04. The van der Waals surface area contributed by atoms with Crippen LogP contribution in [-0.4, -0.2) is 23.4 Å². The van der Waals surface area contributed by atoms with Gasteiger partial charge in [-0.05, 0) is 6.08 Å². The maximum Gasteiger partial charge on any atom is 0.444 e. The fourth-order valence-corrected chi connectivity index (χ4v) is 0.628. The Balaban J connectivity index is 2.67. The van der Waals surface area contributed by atoms with Gasteiger partial charge in [0, 0.05) is 6.92 Å². The lowest BCUT2D eigenvalue weighted by atomic mass is 10.6. The van der Waals surface area contributed by atoms with Gasteiger partial charge in [-0.3, -0.25) is 4.79 Å². The van der Waals surface area contributed by atoms with Gasteiger partial charge in [-0.25, -0.2) is 9.63 Å². The van der Waals surface area contributed by atoms with E-state index in [0.29, 0.717) is 5.06 Å². The molecule has 0 spiro atoms. The summed E-state index contributed by atoms with van der Waals surface area (Å²) in [6, 6.07) is 0. The number of hydroxylamine groups is 2. The molecule has 5 heteroatoms. The van der Waals surface area contributed by atoms with E-state index in [-0.39, 0.29) is 0 Å². The Labute approximate surface area is 63.1 Å². The van der Waals surface area contributed by atoms with E-state index >= 15 is 0 Å². The number of carbonyl (C=O) groups is 2. The number of cyclic esters (lactones) is 1. The average Bonchev–Trinajstić information content (AvgIpc) is 2.28. The van der Waals surface area contributed by atoms with E-state index in [9.17, 15) is 9.59 Å². The molecule has 0 aliphatic carbocycles. The highest BCUT2D eigenvalue weighted by molar-refractivity contribution is 5.97. The van der Waals surface area contributed by atoms with Crippen molar-refractivity contribution in [2.45, 2.75) is 13.2 Å². The highest BCUT2D eigenvalue weighted by Crippen LogP contribution is 2.12. The van der Waals surface area contributed by atoms with Crippen LogP contribution < -0.4 is 0 Å². The summed E-state index contributed by atoms with van der Waals surface area (Å²) in [7, 11) is 0. The summed E-state index contributed by atoms with van der Waals surface area (Å²) in [5, 5.41) is 0.525.